The van der Waals surface area contributed by atoms with Crippen LogP contribution < -0.4 is 5.32 Å². The molecule has 0 aliphatic heterocycles. The number of fused-ring (bicyclic) bond motifs is 1. The fraction of sp³-hybridized carbons (Fsp3) is 0.276. The number of hydrogen-bond donors (Lipinski definition) is 2. The molecular weight excluding hydrogens is 525 g/mol. The SMILES string of the molecule is C=N/C=C(\C=N/Cc1c(CCNC)nn(-c2c(C)cccc2CC)c1-c1ccc(Cl)c2[nH]ccc12)C(F)(F)F. The van der Waals surface area contributed by atoms with Crippen molar-refractivity contribution in [2.24, 2.45) is 9.98 Å². The molecule has 0 saturated carbocycles. The standard InChI is InChI=1S/C29H30ClF3N6/c1-5-19-8-6-7-18(2)27(19)39-28(22-9-10-24(30)26-21(22)11-14-37-26)23(25(38-39)12-13-34-3)17-36-16-20(15-35-4)29(31,32)33/h6-11,14-16,34,37H,4-5,12-13,17H2,1-3H3/b20-15+,36-16-. The molecule has 0 unspecified atom stereocenters. The number of halogens is 4. The highest BCUT2D eigenvalue weighted by Crippen LogP contribution is 2.38. The minimum absolute atomic E-state index is 0.0131. The molecule has 0 saturated heterocycles. The normalized spacial score (nSPS) is 12.6. The second kappa shape index (κ2) is 12.0. The molecule has 6 nitrogen and oxygen atoms in total. The van der Waals surface area contributed by atoms with E-state index in [1.807, 2.05) is 55.2 Å². The smallest absolute Gasteiger partial charge is 0.360 e. The lowest BCUT2D eigenvalue weighted by atomic mass is 9.99. The lowest BCUT2D eigenvalue weighted by Gasteiger charge is -2.16. The van der Waals surface area contributed by atoms with Gasteiger partial charge in [0.05, 0.1) is 39.7 Å². The van der Waals surface area contributed by atoms with E-state index in [0.717, 1.165) is 62.9 Å². The lowest BCUT2D eigenvalue weighted by Crippen LogP contribution is -2.13. The molecule has 0 bridgehead atoms. The summed E-state index contributed by atoms with van der Waals surface area (Å²) in [7, 11) is 1.84. The third kappa shape index (κ3) is 5.84. The molecule has 4 aromatic rings. The van der Waals surface area contributed by atoms with Crippen LogP contribution in [-0.4, -0.2) is 47.5 Å². The molecule has 0 aliphatic carbocycles. The Labute approximate surface area is 230 Å². The van der Waals surface area contributed by atoms with Crippen LogP contribution in [0.25, 0.3) is 27.8 Å². The minimum Gasteiger partial charge on any atom is -0.360 e. The number of aryl methyl sites for hydroxylation is 2. The van der Waals surface area contributed by atoms with Crippen molar-refractivity contribution in [2.45, 2.75) is 39.4 Å². The van der Waals surface area contributed by atoms with Gasteiger partial charge in [-0.15, -0.1) is 0 Å². The molecule has 204 valence electrons. The summed E-state index contributed by atoms with van der Waals surface area (Å²) in [6.45, 7) is 7.89. The Bertz CT molecular complexity index is 1540. The maximum Gasteiger partial charge on any atom is 0.419 e. The number of nitrogens with one attached hydrogen (secondary N) is 2. The summed E-state index contributed by atoms with van der Waals surface area (Å²) in [5.41, 5.74) is 5.99. The lowest BCUT2D eigenvalue weighted by molar-refractivity contribution is -0.0857. The molecule has 0 radical (unpaired) electrons. The first-order valence-electron chi connectivity index (χ1n) is 12.5. The molecule has 0 atom stereocenters. The summed E-state index contributed by atoms with van der Waals surface area (Å²) >= 11 is 6.48. The zero-order chi connectivity index (χ0) is 28.2. The number of para-hydroxylation sites is 1. The quantitative estimate of drug-likeness (QED) is 0.207. The van der Waals surface area contributed by atoms with E-state index in [-0.39, 0.29) is 6.54 Å². The van der Waals surface area contributed by atoms with Crippen molar-refractivity contribution in [1.29, 1.82) is 0 Å². The summed E-state index contributed by atoms with van der Waals surface area (Å²) in [5, 5.41) is 9.65. The van der Waals surface area contributed by atoms with Crippen LogP contribution in [0.4, 0.5) is 13.2 Å². The highest BCUT2D eigenvalue weighted by Gasteiger charge is 2.32. The van der Waals surface area contributed by atoms with E-state index in [1.54, 1.807) is 0 Å². The van der Waals surface area contributed by atoms with Gasteiger partial charge in [0, 0.05) is 48.1 Å². The van der Waals surface area contributed by atoms with Crippen molar-refractivity contribution in [2.75, 3.05) is 13.6 Å². The fourth-order valence-electron chi connectivity index (χ4n) is 4.69. The second-order valence-electron chi connectivity index (χ2n) is 9.07. The number of H-pyrrole nitrogens is 1. The van der Waals surface area contributed by atoms with E-state index in [9.17, 15) is 13.2 Å². The summed E-state index contributed by atoms with van der Waals surface area (Å²) in [6, 6.07) is 11.8. The first-order valence-corrected chi connectivity index (χ1v) is 12.9. The van der Waals surface area contributed by atoms with Crippen molar-refractivity contribution in [3.63, 3.8) is 0 Å². The van der Waals surface area contributed by atoms with Gasteiger partial charge in [-0.1, -0.05) is 42.8 Å². The summed E-state index contributed by atoms with van der Waals surface area (Å²) in [5.74, 6) is 0. The van der Waals surface area contributed by atoms with Crippen LogP contribution in [0.15, 0.2) is 64.4 Å². The molecule has 10 heteroatoms. The van der Waals surface area contributed by atoms with E-state index >= 15 is 0 Å². The predicted octanol–water partition coefficient (Wildman–Crippen LogP) is 7.02. The van der Waals surface area contributed by atoms with Crippen LogP contribution >= 0.6 is 11.6 Å². The molecule has 0 amide bonds. The molecule has 2 aromatic carbocycles. The van der Waals surface area contributed by atoms with Gasteiger partial charge < -0.3 is 10.3 Å². The van der Waals surface area contributed by atoms with E-state index < -0.39 is 11.7 Å². The zero-order valence-corrected chi connectivity index (χ0v) is 22.8. The highest BCUT2D eigenvalue weighted by molar-refractivity contribution is 6.35. The van der Waals surface area contributed by atoms with Crippen LogP contribution in [0.2, 0.25) is 5.02 Å². The van der Waals surface area contributed by atoms with Gasteiger partial charge in [0.15, 0.2) is 0 Å². The number of benzene rings is 2. The van der Waals surface area contributed by atoms with Crippen molar-refractivity contribution in [3.05, 3.63) is 81.8 Å². The Morgan fingerprint density at radius 3 is 2.72 bits per heavy atom. The van der Waals surface area contributed by atoms with Crippen LogP contribution in [0, 0.1) is 6.92 Å². The van der Waals surface area contributed by atoms with E-state index in [1.165, 1.54) is 0 Å². The maximum atomic E-state index is 13.5. The van der Waals surface area contributed by atoms with Gasteiger partial charge in [-0.25, -0.2) is 4.68 Å². The van der Waals surface area contributed by atoms with Crippen LogP contribution in [0.1, 0.15) is 29.3 Å². The van der Waals surface area contributed by atoms with Crippen molar-refractivity contribution >= 4 is 35.4 Å². The fourth-order valence-corrected chi connectivity index (χ4v) is 4.91. The van der Waals surface area contributed by atoms with Crippen molar-refractivity contribution in [3.8, 4) is 16.9 Å². The van der Waals surface area contributed by atoms with Crippen LogP contribution in [0.3, 0.4) is 0 Å². The van der Waals surface area contributed by atoms with Gasteiger partial charge in [0.1, 0.15) is 0 Å². The monoisotopic (exact) mass is 554 g/mol. The molecule has 2 N–H and O–H groups in total. The largest absolute Gasteiger partial charge is 0.419 e. The van der Waals surface area contributed by atoms with Gasteiger partial charge in [0.25, 0.3) is 0 Å². The topological polar surface area (TPSA) is 70.4 Å². The third-order valence-corrected chi connectivity index (χ3v) is 6.87. The predicted molar refractivity (Wildman–Crippen MR) is 153 cm³/mol. The number of hydrogen-bond acceptors (Lipinski definition) is 4. The number of nitrogens with zero attached hydrogens (tertiary/aromatic N) is 4. The third-order valence-electron chi connectivity index (χ3n) is 6.56. The first-order chi connectivity index (χ1) is 18.7. The molecule has 2 heterocycles. The number of aromatic nitrogens is 3. The molecule has 4 rings (SSSR count). The Morgan fingerprint density at radius 1 is 1.23 bits per heavy atom. The van der Waals surface area contributed by atoms with Crippen molar-refractivity contribution in [1.82, 2.24) is 20.1 Å². The number of aliphatic imine (C=N–C) groups is 2. The Hall–Kier alpha value is -3.69. The molecular formula is C29H30ClF3N6. The number of allylic oxidation sites excluding steroid dienone is 1. The van der Waals surface area contributed by atoms with E-state index in [0.29, 0.717) is 24.2 Å². The number of rotatable bonds is 10. The van der Waals surface area contributed by atoms with E-state index in [4.69, 9.17) is 16.7 Å². The Morgan fingerprint density at radius 2 is 2.03 bits per heavy atom. The summed E-state index contributed by atoms with van der Waals surface area (Å²) in [4.78, 5) is 10.7. The first kappa shape index (κ1) is 28.3. The summed E-state index contributed by atoms with van der Waals surface area (Å²) < 4.78 is 42.3. The highest BCUT2D eigenvalue weighted by atomic mass is 35.5. The number of alkyl halides is 3. The van der Waals surface area contributed by atoms with Crippen LogP contribution in [-0.2, 0) is 19.4 Å². The Kier molecular flexibility index (Phi) is 8.72. The summed E-state index contributed by atoms with van der Waals surface area (Å²) in [6.07, 6.45) is 0.0281. The maximum absolute atomic E-state index is 13.5. The number of likely N-dealkylation sites (N-methyl/N-ethyl adjacent to an activating group) is 1. The van der Waals surface area contributed by atoms with Gasteiger partial charge in [0.2, 0.25) is 0 Å². The van der Waals surface area contributed by atoms with Gasteiger partial charge >= 0.3 is 6.18 Å². The van der Waals surface area contributed by atoms with Gasteiger partial charge in [-0.2, -0.15) is 18.3 Å². The van der Waals surface area contributed by atoms with E-state index in [2.05, 4.69) is 40.0 Å². The number of aromatic amines is 1. The minimum atomic E-state index is -4.60. The molecule has 0 aliphatic rings. The average molecular weight is 555 g/mol. The van der Waals surface area contributed by atoms with Crippen LogP contribution in [0.5, 0.6) is 0 Å². The molecule has 0 spiro atoms. The van der Waals surface area contributed by atoms with Gasteiger partial charge in [-0.3, -0.25) is 9.98 Å². The molecule has 2 aromatic heterocycles. The zero-order valence-electron chi connectivity index (χ0n) is 22.0. The molecule has 0 fully saturated rings. The molecule has 39 heavy (non-hydrogen) atoms. The average Bonchev–Trinajstić information content (AvgIpc) is 3.53. The second-order valence-corrected chi connectivity index (χ2v) is 9.48. The Balaban J connectivity index is 2.01. The van der Waals surface area contributed by atoms with Gasteiger partial charge in [-0.05, 0) is 50.4 Å². The van der Waals surface area contributed by atoms with Crippen molar-refractivity contribution < 1.29 is 13.2 Å².